The number of anilines is 1. The van der Waals surface area contributed by atoms with Gasteiger partial charge in [-0.2, -0.15) is 0 Å². The van der Waals surface area contributed by atoms with Gasteiger partial charge in [-0.15, -0.1) is 22.1 Å². The topological polar surface area (TPSA) is 68.8 Å². The van der Waals surface area contributed by atoms with Crippen molar-refractivity contribution in [1.82, 2.24) is 10.2 Å². The van der Waals surface area contributed by atoms with Crippen molar-refractivity contribution in [3.05, 3.63) is 67.0 Å². The summed E-state index contributed by atoms with van der Waals surface area (Å²) in [6.07, 6.45) is 1.48. The molecular formula is C14H15N4PS2. The molecule has 0 saturated carbocycles. The number of H-pyrrole nitrogens is 2. The number of nitrogens with one attached hydrogen (secondary N) is 2. The van der Waals surface area contributed by atoms with Crippen LogP contribution in [0.25, 0.3) is 0 Å². The van der Waals surface area contributed by atoms with Gasteiger partial charge in [-0.05, 0) is 15.7 Å². The van der Waals surface area contributed by atoms with Crippen LogP contribution in [-0.4, -0.2) is 10.2 Å². The van der Waals surface area contributed by atoms with Crippen molar-refractivity contribution in [3.8, 4) is 0 Å². The fourth-order valence-corrected chi connectivity index (χ4v) is 4.52. The number of hydrogen-bond acceptors (Lipinski definition) is 4. The molecule has 0 aliphatic carbocycles. The molecule has 3 rings (SSSR count). The maximum atomic E-state index is 5.60. The third-order valence-electron chi connectivity index (χ3n) is 2.66. The van der Waals surface area contributed by atoms with Crippen LogP contribution in [0.15, 0.2) is 67.0 Å². The fourth-order valence-electron chi connectivity index (χ4n) is 1.63. The molecule has 0 aliphatic heterocycles. The van der Waals surface area contributed by atoms with Crippen molar-refractivity contribution in [1.29, 1.82) is 0 Å². The quantitative estimate of drug-likeness (QED) is 0.549. The van der Waals surface area contributed by atoms with Gasteiger partial charge in [0.1, 0.15) is 0 Å². The summed E-state index contributed by atoms with van der Waals surface area (Å²) in [6.45, 7) is 0. The van der Waals surface area contributed by atoms with Gasteiger partial charge in [-0.3, -0.25) is 0 Å². The van der Waals surface area contributed by atoms with E-state index >= 15 is 0 Å². The zero-order valence-electron chi connectivity index (χ0n) is 11.1. The summed E-state index contributed by atoms with van der Waals surface area (Å²) in [7, 11) is 0. The maximum Gasteiger partial charge on any atom is 0.337 e. The predicted molar refractivity (Wildman–Crippen MR) is 93.4 cm³/mol. The van der Waals surface area contributed by atoms with Crippen molar-refractivity contribution in [2.45, 2.75) is 0 Å². The monoisotopic (exact) mass is 334 g/mol. The highest BCUT2D eigenvalue weighted by molar-refractivity contribution is 8.60. The van der Waals surface area contributed by atoms with Crippen molar-refractivity contribution in [2.24, 2.45) is 0 Å². The highest BCUT2D eigenvalue weighted by atomic mass is 32.9. The number of benzene rings is 2. The van der Waals surface area contributed by atoms with E-state index in [0.29, 0.717) is 5.95 Å². The summed E-state index contributed by atoms with van der Waals surface area (Å²) in [5.74, 6) is 0.481. The Morgan fingerprint density at radius 2 is 1.48 bits per heavy atom. The Morgan fingerprint density at radius 3 is 1.76 bits per heavy atom. The van der Waals surface area contributed by atoms with Crippen LogP contribution in [0, 0.1) is 0 Å². The number of nitrogens with two attached hydrogens (primary N) is 1. The van der Waals surface area contributed by atoms with E-state index in [1.54, 1.807) is 0 Å². The highest BCUT2D eigenvalue weighted by Crippen LogP contribution is 2.40. The molecule has 7 heteroatoms. The summed E-state index contributed by atoms with van der Waals surface area (Å²) in [5.41, 5.74) is 5.10. The molecule has 4 N–H and O–H groups in total. The second kappa shape index (κ2) is 7.41. The summed E-state index contributed by atoms with van der Waals surface area (Å²) < 4.78 is 0. The highest BCUT2D eigenvalue weighted by Gasteiger charge is 2.05. The van der Waals surface area contributed by atoms with Gasteiger partial charge in [0.05, 0.1) is 0 Å². The molecule has 0 atom stereocenters. The van der Waals surface area contributed by atoms with Crippen LogP contribution >= 0.6 is 5.24 Å². The Balaban J connectivity index is 0.000000225. The summed E-state index contributed by atoms with van der Waals surface area (Å²) in [5, 5.41) is 6.20. The van der Waals surface area contributed by atoms with E-state index in [4.69, 9.17) is 29.8 Å². The molecule has 0 saturated heterocycles. The molecule has 0 unspecified atom stereocenters. The molecule has 108 valence electrons. The second-order valence-corrected chi connectivity index (χ2v) is 10.3. The molecule has 0 spiro atoms. The molecule has 0 fully saturated rings. The lowest BCUT2D eigenvalue weighted by Gasteiger charge is -2.29. The van der Waals surface area contributed by atoms with Gasteiger partial charge in [-0.1, -0.05) is 60.7 Å². The SMILES string of the molecule is Nc1[nH]nc[nH+]1.S=P([S-])(c1ccccc1)c1ccccc1. The van der Waals surface area contributed by atoms with E-state index in [1.165, 1.54) is 6.33 Å². The molecule has 1 aromatic heterocycles. The summed E-state index contributed by atoms with van der Waals surface area (Å²) in [4.78, 5) is 2.61. The van der Waals surface area contributed by atoms with E-state index in [9.17, 15) is 0 Å². The molecule has 0 radical (unpaired) electrons. The Morgan fingerprint density at radius 1 is 1.00 bits per heavy atom. The largest absolute Gasteiger partial charge is 0.738 e. The number of nitrogen functional groups attached to an aromatic ring is 1. The third kappa shape index (κ3) is 4.43. The minimum atomic E-state index is -1.98. The van der Waals surface area contributed by atoms with E-state index < -0.39 is 5.24 Å². The molecule has 1 heterocycles. The molecule has 4 nitrogen and oxygen atoms in total. The van der Waals surface area contributed by atoms with Crippen molar-refractivity contribution in [2.75, 3.05) is 5.73 Å². The number of rotatable bonds is 2. The van der Waals surface area contributed by atoms with Gasteiger partial charge >= 0.3 is 5.95 Å². The van der Waals surface area contributed by atoms with Gasteiger partial charge in [0, 0.05) is 0 Å². The van der Waals surface area contributed by atoms with Gasteiger partial charge in [0.15, 0.2) is 0 Å². The first-order chi connectivity index (χ1) is 10.1. The van der Waals surface area contributed by atoms with Crippen molar-refractivity contribution in [3.63, 3.8) is 0 Å². The van der Waals surface area contributed by atoms with Gasteiger partial charge in [0.2, 0.25) is 6.33 Å². The first-order valence-corrected chi connectivity index (χ1v) is 10.0. The standard InChI is InChI=1S/C12H11PS2.C2H4N4/c14-13(15,11-7-3-1-4-8-11)12-9-5-2-6-10-12;3-2-4-1-5-6-2/h1-10H,(H,14,15);1H,(H3,3,4,5,6). The van der Waals surface area contributed by atoms with Gasteiger partial charge < -0.3 is 18.0 Å². The average Bonchev–Trinajstić information content (AvgIpc) is 3.01. The molecule has 2 aromatic carbocycles. The lowest BCUT2D eigenvalue weighted by molar-refractivity contribution is -0.360. The predicted octanol–water partition coefficient (Wildman–Crippen LogP) is 1.38. The number of hydrogen-bond donors (Lipinski definition) is 2. The van der Waals surface area contributed by atoms with Crippen LogP contribution in [0.1, 0.15) is 0 Å². The normalized spacial score (nSPS) is 10.5. The number of aromatic amines is 2. The number of nitrogens with zero attached hydrogens (tertiary/aromatic N) is 1. The zero-order chi connectivity index (χ0) is 15.1. The molecule has 0 aliphatic rings. The first kappa shape index (κ1) is 15.8. The number of aromatic nitrogens is 3. The summed E-state index contributed by atoms with van der Waals surface area (Å²) in [6, 6.07) is 20.1. The van der Waals surface area contributed by atoms with Crippen LogP contribution in [0.2, 0.25) is 0 Å². The van der Waals surface area contributed by atoms with Crippen LogP contribution < -0.4 is 21.3 Å². The van der Waals surface area contributed by atoms with E-state index in [2.05, 4.69) is 15.2 Å². The fraction of sp³-hybridized carbons (Fsp3) is 0. The first-order valence-electron chi connectivity index (χ1n) is 6.19. The van der Waals surface area contributed by atoms with E-state index in [-0.39, 0.29) is 0 Å². The minimum Gasteiger partial charge on any atom is -0.738 e. The average molecular weight is 334 g/mol. The smallest absolute Gasteiger partial charge is 0.337 e. The maximum absolute atomic E-state index is 5.60. The Kier molecular flexibility index (Phi) is 5.56. The summed E-state index contributed by atoms with van der Waals surface area (Å²) >= 11 is 11.2. The Hall–Kier alpha value is -1.62. The third-order valence-corrected chi connectivity index (χ3v) is 7.15. The Bertz CT molecular complexity index is 659. The molecule has 0 amide bonds. The second-order valence-electron chi connectivity index (χ2n) is 4.15. The molecule has 21 heavy (non-hydrogen) atoms. The van der Waals surface area contributed by atoms with E-state index in [1.807, 2.05) is 60.7 Å². The van der Waals surface area contributed by atoms with Crippen molar-refractivity contribution >= 4 is 45.9 Å². The minimum absolute atomic E-state index is 0.481. The Labute approximate surface area is 134 Å². The van der Waals surface area contributed by atoms with Crippen molar-refractivity contribution < 1.29 is 4.98 Å². The van der Waals surface area contributed by atoms with Gasteiger partial charge in [0.25, 0.3) is 0 Å². The molecule has 3 aromatic rings. The van der Waals surface area contributed by atoms with Crippen LogP contribution in [0.3, 0.4) is 0 Å². The lowest BCUT2D eigenvalue weighted by atomic mass is 10.4. The van der Waals surface area contributed by atoms with Gasteiger partial charge in [-0.25, -0.2) is 4.98 Å². The van der Waals surface area contributed by atoms with E-state index in [0.717, 1.165) is 10.6 Å². The molecule has 0 bridgehead atoms. The van der Waals surface area contributed by atoms with Crippen LogP contribution in [0.4, 0.5) is 5.95 Å². The van der Waals surface area contributed by atoms with Crippen LogP contribution in [-0.2, 0) is 24.1 Å². The lowest BCUT2D eigenvalue weighted by Crippen LogP contribution is -2.12. The molecular weight excluding hydrogens is 319 g/mol. The zero-order valence-corrected chi connectivity index (χ0v) is 13.7. The van der Waals surface area contributed by atoms with Crippen LogP contribution in [0.5, 0.6) is 0 Å².